The number of benzene rings is 1. The van der Waals surface area contributed by atoms with Gasteiger partial charge in [0.1, 0.15) is 5.75 Å². The van der Waals surface area contributed by atoms with Gasteiger partial charge in [0.05, 0.1) is 0 Å². The van der Waals surface area contributed by atoms with Crippen molar-refractivity contribution in [1.82, 2.24) is 10.0 Å². The zero-order valence-corrected chi connectivity index (χ0v) is 23.4. The third kappa shape index (κ3) is 5.56. The first kappa shape index (κ1) is 26.8. The van der Waals surface area contributed by atoms with E-state index >= 15 is 0 Å². The molecule has 0 bridgehead atoms. The number of carbonyl (C=O) groups excluding carboxylic acids is 1. The highest BCUT2D eigenvalue weighted by Gasteiger charge is 2.47. The molecule has 186 valence electrons. The Morgan fingerprint density at radius 3 is 1.97 bits per heavy atom. The van der Waals surface area contributed by atoms with E-state index in [9.17, 15) is 9.90 Å². The summed E-state index contributed by atoms with van der Waals surface area (Å²) in [4.78, 5) is 13.2. The van der Waals surface area contributed by atoms with Crippen molar-refractivity contribution in [3.63, 3.8) is 0 Å². The van der Waals surface area contributed by atoms with E-state index < -0.39 is 8.32 Å². The summed E-state index contributed by atoms with van der Waals surface area (Å²) in [5.41, 5.74) is 2.47. The van der Waals surface area contributed by atoms with Crippen LogP contribution in [-0.2, 0) is 15.6 Å². The molecule has 1 amide bonds. The molecule has 2 fully saturated rings. The summed E-state index contributed by atoms with van der Waals surface area (Å²) in [6.45, 7) is 16.4. The third-order valence-corrected chi connectivity index (χ3v) is 14.5. The van der Waals surface area contributed by atoms with Crippen LogP contribution in [0, 0.1) is 5.92 Å². The van der Waals surface area contributed by atoms with E-state index in [1.54, 1.807) is 0 Å². The van der Waals surface area contributed by atoms with Crippen LogP contribution >= 0.6 is 23.2 Å². The Labute approximate surface area is 210 Å². The minimum absolute atomic E-state index is 0.0395. The Morgan fingerprint density at radius 1 is 0.970 bits per heavy atom. The normalized spacial score (nSPS) is 21.2. The molecule has 2 heterocycles. The van der Waals surface area contributed by atoms with Crippen LogP contribution in [0.25, 0.3) is 0 Å². The maximum atomic E-state index is 13.2. The van der Waals surface area contributed by atoms with E-state index in [1.165, 1.54) is 12.1 Å². The molecule has 1 aromatic carbocycles. The SMILES string of the molecule is CC(C)[Si](OC1CCN(N2CC[C@@H](Cc3c(Cl)cc(O)cc3Cl)C2=O)CC1)(C(C)C)C(C)C. The topological polar surface area (TPSA) is 53.0 Å². The van der Waals surface area contributed by atoms with Gasteiger partial charge in [-0.1, -0.05) is 64.7 Å². The van der Waals surface area contributed by atoms with E-state index in [0.29, 0.717) is 33.1 Å². The van der Waals surface area contributed by atoms with Crippen molar-refractivity contribution in [3.8, 4) is 5.75 Å². The molecule has 8 heteroatoms. The lowest BCUT2D eigenvalue weighted by atomic mass is 9.98. The van der Waals surface area contributed by atoms with Crippen LogP contribution in [0.1, 0.15) is 66.4 Å². The van der Waals surface area contributed by atoms with Gasteiger partial charge in [0.15, 0.2) is 0 Å². The van der Waals surface area contributed by atoms with Crippen LogP contribution in [0.3, 0.4) is 0 Å². The number of nitrogens with zero attached hydrogens (tertiary/aromatic N) is 2. The third-order valence-electron chi connectivity index (χ3n) is 7.71. The average Bonchev–Trinajstić information content (AvgIpc) is 3.08. The second-order valence-electron chi connectivity index (χ2n) is 10.6. The number of aromatic hydroxyl groups is 1. The number of hydrazine groups is 1. The van der Waals surface area contributed by atoms with Crippen LogP contribution in [0.2, 0.25) is 26.7 Å². The van der Waals surface area contributed by atoms with E-state index in [1.807, 2.05) is 5.01 Å². The van der Waals surface area contributed by atoms with Gasteiger partial charge in [-0.25, -0.2) is 5.01 Å². The maximum Gasteiger partial charge on any atom is 0.240 e. The second kappa shape index (κ2) is 10.9. The van der Waals surface area contributed by atoms with Crippen molar-refractivity contribution < 1.29 is 14.3 Å². The highest BCUT2D eigenvalue weighted by molar-refractivity contribution is 6.77. The van der Waals surface area contributed by atoms with E-state index in [4.69, 9.17) is 27.6 Å². The number of phenolic OH excluding ortho intramolecular Hbond substituents is 1. The fraction of sp³-hybridized carbons (Fsp3) is 0.720. The first-order valence-corrected chi connectivity index (χ1v) is 15.3. The standard InChI is InChI=1S/C25H40Cl2N2O3Si/c1-16(2)33(17(3)4,18(5)6)32-21-8-10-28(11-9-21)29-12-7-19(25(29)31)13-22-23(26)14-20(30)15-24(22)27/h14-19,21,30H,7-13H2,1-6H3/t19-/m0/s1. The van der Waals surface area contributed by atoms with Crippen LogP contribution in [0.5, 0.6) is 5.75 Å². The summed E-state index contributed by atoms with van der Waals surface area (Å²) < 4.78 is 7.00. The van der Waals surface area contributed by atoms with Crippen molar-refractivity contribution in [1.29, 1.82) is 0 Å². The molecule has 0 saturated carbocycles. The van der Waals surface area contributed by atoms with Gasteiger partial charge >= 0.3 is 0 Å². The van der Waals surface area contributed by atoms with Gasteiger partial charge in [0.25, 0.3) is 0 Å². The fourth-order valence-electron chi connectivity index (χ4n) is 6.12. The van der Waals surface area contributed by atoms with Crippen LogP contribution in [0.4, 0.5) is 0 Å². The molecular formula is C25H40Cl2N2O3Si. The van der Waals surface area contributed by atoms with E-state index in [0.717, 1.165) is 44.5 Å². The Morgan fingerprint density at radius 2 is 1.48 bits per heavy atom. The van der Waals surface area contributed by atoms with Gasteiger partial charge in [0, 0.05) is 41.7 Å². The van der Waals surface area contributed by atoms with Gasteiger partial charge in [-0.05, 0) is 60.0 Å². The smallest absolute Gasteiger partial charge is 0.240 e. The molecule has 5 nitrogen and oxygen atoms in total. The second-order valence-corrected chi connectivity index (χ2v) is 16.8. The molecule has 0 aromatic heterocycles. The predicted molar refractivity (Wildman–Crippen MR) is 138 cm³/mol. The number of amides is 1. The predicted octanol–water partition coefficient (Wildman–Crippen LogP) is 6.66. The zero-order valence-electron chi connectivity index (χ0n) is 20.9. The molecule has 3 rings (SSSR count). The number of halogens is 2. The lowest BCUT2D eigenvalue weighted by molar-refractivity contribution is -0.149. The molecule has 2 aliphatic rings. The first-order valence-electron chi connectivity index (χ1n) is 12.4. The van der Waals surface area contributed by atoms with Crippen molar-refractivity contribution >= 4 is 37.4 Å². The summed E-state index contributed by atoms with van der Waals surface area (Å²) >= 11 is 12.6. The minimum atomic E-state index is -1.89. The maximum absolute atomic E-state index is 13.2. The monoisotopic (exact) mass is 514 g/mol. The average molecular weight is 516 g/mol. The van der Waals surface area contributed by atoms with E-state index in [2.05, 4.69) is 46.6 Å². The molecule has 1 atom stereocenters. The summed E-state index contributed by atoms with van der Waals surface area (Å²) in [5.74, 6) is 0.0453. The largest absolute Gasteiger partial charge is 0.508 e. The number of rotatable bonds is 8. The van der Waals surface area contributed by atoms with E-state index in [-0.39, 0.29) is 23.7 Å². The van der Waals surface area contributed by atoms with Crippen LogP contribution in [0.15, 0.2) is 12.1 Å². The van der Waals surface area contributed by atoms with Gasteiger partial charge in [-0.15, -0.1) is 0 Å². The Hall–Kier alpha value is -0.793. The van der Waals surface area contributed by atoms with Gasteiger partial charge in [-0.2, -0.15) is 0 Å². The Kier molecular flexibility index (Phi) is 8.82. The molecule has 0 aliphatic carbocycles. The Bertz CT molecular complexity index is 796. The molecule has 0 radical (unpaired) electrons. The summed E-state index contributed by atoms with van der Waals surface area (Å²) in [6.07, 6.45) is 3.49. The summed E-state index contributed by atoms with van der Waals surface area (Å²) in [7, 11) is -1.89. The molecule has 2 aliphatic heterocycles. The van der Waals surface area contributed by atoms with Crippen molar-refractivity contribution in [2.75, 3.05) is 19.6 Å². The quantitative estimate of drug-likeness (QED) is 0.393. The molecule has 2 saturated heterocycles. The number of hydrogen-bond donors (Lipinski definition) is 1. The molecule has 33 heavy (non-hydrogen) atoms. The minimum Gasteiger partial charge on any atom is -0.508 e. The van der Waals surface area contributed by atoms with Gasteiger partial charge < -0.3 is 9.53 Å². The van der Waals surface area contributed by atoms with Crippen molar-refractivity contribution in [2.24, 2.45) is 5.92 Å². The molecule has 0 spiro atoms. The summed E-state index contributed by atoms with van der Waals surface area (Å²) in [6, 6.07) is 2.97. The molecule has 1 aromatic rings. The number of phenols is 1. The lowest BCUT2D eigenvalue weighted by Crippen LogP contribution is -2.54. The summed E-state index contributed by atoms with van der Waals surface area (Å²) in [5, 5.41) is 14.6. The number of carbonyl (C=O) groups is 1. The van der Waals surface area contributed by atoms with Gasteiger partial charge in [-0.3, -0.25) is 9.80 Å². The number of piperidine rings is 1. The number of hydrogen-bond acceptors (Lipinski definition) is 4. The zero-order chi connectivity index (χ0) is 24.5. The first-order chi connectivity index (χ1) is 15.5. The molecule has 0 unspecified atom stereocenters. The van der Waals surface area contributed by atoms with Crippen molar-refractivity contribution in [2.45, 2.75) is 90.0 Å². The fourth-order valence-corrected chi connectivity index (χ4v) is 12.4. The molecule has 1 N–H and O–H groups in total. The highest BCUT2D eigenvalue weighted by atomic mass is 35.5. The van der Waals surface area contributed by atoms with Crippen molar-refractivity contribution in [3.05, 3.63) is 27.7 Å². The van der Waals surface area contributed by atoms with Gasteiger partial charge in [0.2, 0.25) is 14.2 Å². The Balaban J connectivity index is 1.60. The van der Waals surface area contributed by atoms with Crippen LogP contribution in [-0.4, -0.2) is 55.1 Å². The lowest BCUT2D eigenvalue weighted by Gasteiger charge is -2.47. The van der Waals surface area contributed by atoms with Crippen LogP contribution < -0.4 is 0 Å². The highest BCUT2D eigenvalue weighted by Crippen LogP contribution is 2.44. The molecular weight excluding hydrogens is 475 g/mol.